The molecule has 6 heteroatoms. The first-order valence-corrected chi connectivity index (χ1v) is 10.3. The molecule has 0 fully saturated rings. The van der Waals surface area contributed by atoms with Gasteiger partial charge in [-0.1, -0.05) is 42.5 Å². The highest BCUT2D eigenvalue weighted by Gasteiger charge is 2.15. The van der Waals surface area contributed by atoms with Crippen LogP contribution in [-0.2, 0) is 13.0 Å². The van der Waals surface area contributed by atoms with Crippen molar-refractivity contribution in [3.8, 4) is 16.9 Å². The highest BCUT2D eigenvalue weighted by molar-refractivity contribution is 5.97. The summed E-state index contributed by atoms with van der Waals surface area (Å²) in [5.41, 5.74) is 2.96. The van der Waals surface area contributed by atoms with Crippen molar-refractivity contribution in [2.24, 2.45) is 0 Å². The van der Waals surface area contributed by atoms with Crippen molar-refractivity contribution in [3.05, 3.63) is 101 Å². The van der Waals surface area contributed by atoms with Crippen LogP contribution < -0.4 is 10.3 Å². The normalized spacial score (nSPS) is 11.2. The molecule has 5 aromatic rings. The molecule has 0 bridgehead atoms. The average Bonchev–Trinajstić information content (AvgIpc) is 2.83. The number of aromatic nitrogens is 3. The van der Waals surface area contributed by atoms with Gasteiger partial charge in [-0.25, -0.2) is 9.07 Å². The Morgan fingerprint density at radius 2 is 1.78 bits per heavy atom. The Morgan fingerprint density at radius 1 is 0.938 bits per heavy atom. The number of methoxy groups -OCH3 is 1. The van der Waals surface area contributed by atoms with Gasteiger partial charge in [0.15, 0.2) is 0 Å². The standard InChI is InChI=1S/C26H20FN3O2/c1-32-24-15-19(27)10-12-21(24)22-7-4-6-18-16-28-30(26(31)25(18)22)14-13-20-11-9-17-5-2-3-8-23(17)29-20/h2-12,15-16H,13-14H2,1H3. The number of nitrogens with zero attached hydrogens (tertiary/aromatic N) is 3. The van der Waals surface area contributed by atoms with Crippen LogP contribution in [0.1, 0.15) is 5.69 Å². The van der Waals surface area contributed by atoms with E-state index in [4.69, 9.17) is 4.74 Å². The lowest BCUT2D eigenvalue weighted by molar-refractivity contribution is 0.413. The molecule has 158 valence electrons. The lowest BCUT2D eigenvalue weighted by atomic mass is 9.99. The number of pyridine rings is 1. The van der Waals surface area contributed by atoms with Crippen LogP contribution >= 0.6 is 0 Å². The Bertz CT molecular complexity index is 1510. The number of para-hydroxylation sites is 1. The van der Waals surface area contributed by atoms with Crippen molar-refractivity contribution >= 4 is 21.7 Å². The number of rotatable bonds is 5. The first kappa shape index (κ1) is 19.9. The van der Waals surface area contributed by atoms with Gasteiger partial charge in [0.2, 0.25) is 0 Å². The summed E-state index contributed by atoms with van der Waals surface area (Å²) in [6, 6.07) is 21.8. The fourth-order valence-electron chi connectivity index (χ4n) is 3.97. The van der Waals surface area contributed by atoms with Crippen molar-refractivity contribution in [2.45, 2.75) is 13.0 Å². The second kappa shape index (κ2) is 8.23. The highest BCUT2D eigenvalue weighted by atomic mass is 19.1. The van der Waals surface area contributed by atoms with E-state index in [1.807, 2.05) is 54.6 Å². The van der Waals surface area contributed by atoms with Gasteiger partial charge in [0, 0.05) is 34.5 Å². The summed E-state index contributed by atoms with van der Waals surface area (Å²) in [6.07, 6.45) is 2.26. The number of hydrogen-bond donors (Lipinski definition) is 0. The minimum absolute atomic E-state index is 0.203. The molecular formula is C26H20FN3O2. The molecule has 32 heavy (non-hydrogen) atoms. The van der Waals surface area contributed by atoms with E-state index in [0.717, 1.165) is 22.0 Å². The van der Waals surface area contributed by atoms with Crippen LogP contribution in [0, 0.1) is 5.82 Å². The molecule has 3 aromatic carbocycles. The van der Waals surface area contributed by atoms with Crippen LogP contribution in [0.3, 0.4) is 0 Å². The van der Waals surface area contributed by atoms with E-state index in [2.05, 4.69) is 10.1 Å². The van der Waals surface area contributed by atoms with Crippen LogP contribution in [0.4, 0.5) is 4.39 Å². The molecule has 5 nitrogen and oxygen atoms in total. The van der Waals surface area contributed by atoms with Gasteiger partial charge in [0.1, 0.15) is 11.6 Å². The third-order valence-corrected chi connectivity index (χ3v) is 5.57. The fraction of sp³-hybridized carbons (Fsp3) is 0.115. The summed E-state index contributed by atoms with van der Waals surface area (Å²) >= 11 is 0. The molecular weight excluding hydrogens is 405 g/mol. The smallest absolute Gasteiger partial charge is 0.275 e. The Morgan fingerprint density at radius 3 is 2.66 bits per heavy atom. The molecule has 0 amide bonds. The Labute approximate surface area is 183 Å². The lowest BCUT2D eigenvalue weighted by Gasteiger charge is -2.12. The Kier molecular flexibility index (Phi) is 5.11. The maximum atomic E-state index is 13.7. The predicted molar refractivity (Wildman–Crippen MR) is 123 cm³/mol. The van der Waals surface area contributed by atoms with Gasteiger partial charge in [-0.2, -0.15) is 5.10 Å². The number of fused-ring (bicyclic) bond motifs is 2. The van der Waals surface area contributed by atoms with E-state index in [9.17, 15) is 9.18 Å². The second-order valence-corrected chi connectivity index (χ2v) is 7.53. The van der Waals surface area contributed by atoms with E-state index in [0.29, 0.717) is 35.2 Å². The summed E-state index contributed by atoms with van der Waals surface area (Å²) in [5.74, 6) is -0.0200. The molecule has 0 saturated heterocycles. The first-order valence-electron chi connectivity index (χ1n) is 10.3. The molecule has 0 saturated carbocycles. The minimum Gasteiger partial charge on any atom is -0.496 e. The van der Waals surface area contributed by atoms with Gasteiger partial charge in [-0.15, -0.1) is 0 Å². The van der Waals surface area contributed by atoms with Gasteiger partial charge in [-0.05, 0) is 29.8 Å². The van der Waals surface area contributed by atoms with Gasteiger partial charge in [0.25, 0.3) is 5.56 Å². The minimum atomic E-state index is -0.396. The van der Waals surface area contributed by atoms with E-state index in [1.54, 1.807) is 12.3 Å². The van der Waals surface area contributed by atoms with E-state index >= 15 is 0 Å². The van der Waals surface area contributed by atoms with Crippen LogP contribution in [0.2, 0.25) is 0 Å². The van der Waals surface area contributed by atoms with Crippen molar-refractivity contribution in [1.82, 2.24) is 14.8 Å². The number of hydrogen-bond acceptors (Lipinski definition) is 4. The molecule has 2 heterocycles. The van der Waals surface area contributed by atoms with Crippen molar-refractivity contribution in [1.29, 1.82) is 0 Å². The SMILES string of the molecule is COc1cc(F)ccc1-c1cccc2cnn(CCc3ccc4ccccc4n3)c(=O)c12. The zero-order valence-electron chi connectivity index (χ0n) is 17.5. The second-order valence-electron chi connectivity index (χ2n) is 7.53. The van der Waals surface area contributed by atoms with Crippen molar-refractivity contribution in [3.63, 3.8) is 0 Å². The summed E-state index contributed by atoms with van der Waals surface area (Å²) in [4.78, 5) is 18.1. The molecule has 0 aliphatic rings. The Balaban J connectivity index is 1.54. The molecule has 5 rings (SSSR count). The van der Waals surface area contributed by atoms with E-state index < -0.39 is 5.82 Å². The number of ether oxygens (including phenoxy) is 1. The molecule has 2 aromatic heterocycles. The first-order chi connectivity index (χ1) is 15.6. The van der Waals surface area contributed by atoms with Gasteiger partial charge < -0.3 is 4.74 Å². The monoisotopic (exact) mass is 425 g/mol. The topological polar surface area (TPSA) is 57.0 Å². The third-order valence-electron chi connectivity index (χ3n) is 5.57. The molecule has 0 unspecified atom stereocenters. The van der Waals surface area contributed by atoms with Crippen molar-refractivity contribution < 1.29 is 9.13 Å². The van der Waals surface area contributed by atoms with Gasteiger partial charge in [-0.3, -0.25) is 9.78 Å². The Hall–Kier alpha value is -4.06. The summed E-state index contributed by atoms with van der Waals surface area (Å²) in [6.45, 7) is 0.398. The predicted octanol–water partition coefficient (Wildman–Crippen LogP) is 5.00. The molecule has 0 aliphatic carbocycles. The van der Waals surface area contributed by atoms with E-state index in [-0.39, 0.29) is 5.56 Å². The number of benzene rings is 3. The third kappa shape index (κ3) is 3.60. The van der Waals surface area contributed by atoms with Crippen LogP contribution in [0.15, 0.2) is 83.8 Å². The molecule has 0 radical (unpaired) electrons. The largest absolute Gasteiger partial charge is 0.496 e. The van der Waals surface area contributed by atoms with Crippen LogP contribution in [-0.4, -0.2) is 21.9 Å². The fourth-order valence-corrected chi connectivity index (χ4v) is 3.97. The summed E-state index contributed by atoms with van der Waals surface area (Å²) < 4.78 is 20.5. The van der Waals surface area contributed by atoms with Crippen molar-refractivity contribution in [2.75, 3.05) is 7.11 Å². The number of halogens is 1. The highest BCUT2D eigenvalue weighted by Crippen LogP contribution is 2.34. The molecule has 0 spiro atoms. The molecule has 0 N–H and O–H groups in total. The van der Waals surface area contributed by atoms with E-state index in [1.165, 1.54) is 23.9 Å². The van der Waals surface area contributed by atoms with Gasteiger partial charge in [0.05, 0.1) is 30.8 Å². The zero-order chi connectivity index (χ0) is 22.1. The van der Waals surface area contributed by atoms with Crippen LogP contribution in [0.5, 0.6) is 5.75 Å². The molecule has 0 atom stereocenters. The quantitative estimate of drug-likeness (QED) is 0.398. The lowest BCUT2D eigenvalue weighted by Crippen LogP contribution is -2.24. The maximum absolute atomic E-state index is 13.7. The number of aryl methyl sites for hydroxylation is 2. The van der Waals surface area contributed by atoms with Gasteiger partial charge >= 0.3 is 0 Å². The van der Waals surface area contributed by atoms with Crippen LogP contribution in [0.25, 0.3) is 32.8 Å². The molecule has 0 aliphatic heterocycles. The maximum Gasteiger partial charge on any atom is 0.275 e. The summed E-state index contributed by atoms with van der Waals surface area (Å²) in [7, 11) is 1.49. The average molecular weight is 425 g/mol. The summed E-state index contributed by atoms with van der Waals surface area (Å²) in [5, 5.41) is 6.69. The zero-order valence-corrected chi connectivity index (χ0v) is 17.5.